The zero-order valence-electron chi connectivity index (χ0n) is 17.6. The number of anilines is 1. The molecule has 0 aliphatic heterocycles. The summed E-state index contributed by atoms with van der Waals surface area (Å²) in [5.74, 6) is -0.331. The number of halogens is 2. The SMILES string of the molecule is CNSc1cc(F)cc(C(C)(C)O)c1.O=CNc1c2c(c(Cl)c3c1CCC3)CCC2. The van der Waals surface area contributed by atoms with Crippen molar-refractivity contribution in [2.45, 2.75) is 62.9 Å². The lowest BCUT2D eigenvalue weighted by molar-refractivity contribution is -0.105. The van der Waals surface area contributed by atoms with Gasteiger partial charge in [-0.1, -0.05) is 11.6 Å². The summed E-state index contributed by atoms with van der Waals surface area (Å²) in [5.41, 5.74) is 5.79. The largest absolute Gasteiger partial charge is 0.386 e. The molecule has 0 radical (unpaired) electrons. The lowest BCUT2D eigenvalue weighted by atomic mass is 9.98. The molecule has 30 heavy (non-hydrogen) atoms. The van der Waals surface area contributed by atoms with Gasteiger partial charge in [0.1, 0.15) is 5.82 Å². The molecule has 0 heterocycles. The number of nitrogens with one attached hydrogen (secondary N) is 2. The molecule has 0 saturated heterocycles. The minimum absolute atomic E-state index is 0.331. The van der Waals surface area contributed by atoms with E-state index in [4.69, 9.17) is 11.6 Å². The molecule has 162 valence electrons. The quantitative estimate of drug-likeness (QED) is 0.434. The third kappa shape index (κ3) is 4.99. The standard InChI is InChI=1S/C13H14ClNO.C10H14FNOS/c14-12-8-3-1-5-10(8)13(15-7-16)11-6-2-4-9(11)12;1-10(2,13)7-4-8(11)6-9(5-7)14-12-3/h7H,1-6H2,(H,15,16);4-6,12-13H,1-3H3. The first kappa shape index (κ1) is 23.1. The van der Waals surface area contributed by atoms with Crippen molar-refractivity contribution in [3.8, 4) is 0 Å². The van der Waals surface area contributed by atoms with Crippen molar-refractivity contribution in [1.82, 2.24) is 4.72 Å². The van der Waals surface area contributed by atoms with Gasteiger partial charge in [0, 0.05) is 15.6 Å². The Balaban J connectivity index is 0.000000173. The van der Waals surface area contributed by atoms with E-state index in [1.54, 1.807) is 27.0 Å². The summed E-state index contributed by atoms with van der Waals surface area (Å²) in [6.45, 7) is 3.27. The molecule has 1 amide bonds. The molecule has 4 nitrogen and oxygen atoms in total. The third-order valence-electron chi connectivity index (χ3n) is 5.57. The van der Waals surface area contributed by atoms with E-state index >= 15 is 0 Å². The van der Waals surface area contributed by atoms with E-state index in [2.05, 4.69) is 10.0 Å². The summed E-state index contributed by atoms with van der Waals surface area (Å²) in [5, 5.41) is 13.6. The first-order valence-corrected chi connectivity index (χ1v) is 11.4. The molecule has 7 heteroatoms. The second-order valence-electron chi connectivity index (χ2n) is 8.11. The molecule has 0 atom stereocenters. The number of aliphatic hydroxyl groups is 1. The van der Waals surface area contributed by atoms with Crippen LogP contribution in [-0.2, 0) is 36.1 Å². The van der Waals surface area contributed by atoms with Gasteiger partial charge in [-0.25, -0.2) is 4.39 Å². The minimum atomic E-state index is -1.01. The molecule has 0 aromatic heterocycles. The normalized spacial score (nSPS) is 14.6. The molecule has 0 bridgehead atoms. The number of hydrogen-bond donors (Lipinski definition) is 3. The number of benzene rings is 2. The number of hydrogen-bond acceptors (Lipinski definition) is 4. The lowest BCUT2D eigenvalue weighted by Gasteiger charge is -2.18. The molecular weight excluding hydrogens is 423 g/mol. The highest BCUT2D eigenvalue weighted by molar-refractivity contribution is 7.97. The molecule has 3 N–H and O–H groups in total. The summed E-state index contributed by atoms with van der Waals surface area (Å²) < 4.78 is 16.0. The van der Waals surface area contributed by atoms with Gasteiger partial charge in [0.15, 0.2) is 0 Å². The Hall–Kier alpha value is -1.60. The molecule has 2 aromatic carbocycles. The van der Waals surface area contributed by atoms with Crippen LogP contribution in [0.4, 0.5) is 10.1 Å². The predicted molar refractivity (Wildman–Crippen MR) is 122 cm³/mol. The van der Waals surface area contributed by atoms with Crippen molar-refractivity contribution in [3.63, 3.8) is 0 Å². The monoisotopic (exact) mass is 450 g/mol. The molecular formula is C23H28ClFN2O2S. The van der Waals surface area contributed by atoms with Crippen LogP contribution in [0.15, 0.2) is 23.1 Å². The van der Waals surface area contributed by atoms with E-state index < -0.39 is 5.60 Å². The topological polar surface area (TPSA) is 61.4 Å². The van der Waals surface area contributed by atoms with E-state index in [0.717, 1.165) is 60.5 Å². The Bertz CT molecular complexity index is 909. The Morgan fingerprint density at radius 1 is 1.07 bits per heavy atom. The van der Waals surface area contributed by atoms with Crippen molar-refractivity contribution >= 4 is 35.6 Å². The minimum Gasteiger partial charge on any atom is -0.386 e. The Kier molecular flexibility index (Phi) is 7.45. The third-order valence-corrected chi connectivity index (χ3v) is 6.70. The highest BCUT2D eigenvalue weighted by Gasteiger charge is 2.27. The van der Waals surface area contributed by atoms with Crippen LogP contribution in [-0.4, -0.2) is 18.6 Å². The van der Waals surface area contributed by atoms with E-state index in [1.807, 2.05) is 0 Å². The molecule has 4 rings (SSSR count). The summed E-state index contributed by atoms with van der Waals surface area (Å²) in [6.07, 6.45) is 7.35. The summed E-state index contributed by atoms with van der Waals surface area (Å²) in [4.78, 5) is 11.5. The van der Waals surface area contributed by atoms with Crippen LogP contribution in [0.2, 0.25) is 5.02 Å². The molecule has 0 spiro atoms. The van der Waals surface area contributed by atoms with Crippen LogP contribution in [0, 0.1) is 5.82 Å². The maximum absolute atomic E-state index is 13.1. The number of rotatable bonds is 5. The first-order chi connectivity index (χ1) is 14.3. The Morgan fingerprint density at radius 2 is 1.63 bits per heavy atom. The van der Waals surface area contributed by atoms with Gasteiger partial charge in [0.05, 0.1) is 5.60 Å². The Labute approximate surface area is 186 Å². The van der Waals surface area contributed by atoms with E-state index in [0.29, 0.717) is 5.56 Å². The fraction of sp³-hybridized carbons (Fsp3) is 0.435. The van der Waals surface area contributed by atoms with Crippen LogP contribution in [0.3, 0.4) is 0 Å². The highest BCUT2D eigenvalue weighted by atomic mass is 35.5. The highest BCUT2D eigenvalue weighted by Crippen LogP contribution is 2.43. The van der Waals surface area contributed by atoms with Crippen molar-refractivity contribution < 1.29 is 14.3 Å². The molecule has 2 aromatic rings. The summed E-state index contributed by atoms with van der Waals surface area (Å²) >= 11 is 7.77. The van der Waals surface area contributed by atoms with Crippen LogP contribution < -0.4 is 10.0 Å². The maximum Gasteiger partial charge on any atom is 0.211 e. The van der Waals surface area contributed by atoms with Crippen molar-refractivity contribution in [2.75, 3.05) is 12.4 Å². The van der Waals surface area contributed by atoms with E-state index in [9.17, 15) is 14.3 Å². The zero-order valence-corrected chi connectivity index (χ0v) is 19.1. The first-order valence-electron chi connectivity index (χ1n) is 10.2. The molecule has 0 saturated carbocycles. The van der Waals surface area contributed by atoms with Gasteiger partial charge < -0.3 is 10.4 Å². The van der Waals surface area contributed by atoms with Crippen LogP contribution in [0.25, 0.3) is 0 Å². The average molecular weight is 451 g/mol. The van der Waals surface area contributed by atoms with Crippen LogP contribution >= 0.6 is 23.5 Å². The number of fused-ring (bicyclic) bond motifs is 2. The van der Waals surface area contributed by atoms with Crippen LogP contribution in [0.5, 0.6) is 0 Å². The van der Waals surface area contributed by atoms with Crippen molar-refractivity contribution in [3.05, 3.63) is 56.9 Å². The number of carbonyl (C=O) groups excluding carboxylic acids is 1. The van der Waals surface area contributed by atoms with Crippen molar-refractivity contribution in [1.29, 1.82) is 0 Å². The maximum atomic E-state index is 13.1. The molecule has 2 aliphatic rings. The second-order valence-corrected chi connectivity index (χ2v) is 9.58. The Morgan fingerprint density at radius 3 is 2.13 bits per heavy atom. The van der Waals surface area contributed by atoms with Gasteiger partial charge >= 0.3 is 0 Å². The molecule has 0 unspecified atom stereocenters. The average Bonchev–Trinajstić information content (AvgIpc) is 3.35. The smallest absolute Gasteiger partial charge is 0.211 e. The van der Waals surface area contributed by atoms with Gasteiger partial charge in [-0.05, 0) is 117 Å². The fourth-order valence-corrected chi connectivity index (χ4v) is 5.22. The van der Waals surface area contributed by atoms with Gasteiger partial charge in [-0.15, -0.1) is 0 Å². The molecule has 0 fully saturated rings. The fourth-order valence-electron chi connectivity index (χ4n) is 4.21. The van der Waals surface area contributed by atoms with Gasteiger partial charge in [0.25, 0.3) is 0 Å². The van der Waals surface area contributed by atoms with Gasteiger partial charge in [-0.2, -0.15) is 0 Å². The predicted octanol–water partition coefficient (Wildman–Crippen LogP) is 5.17. The van der Waals surface area contributed by atoms with E-state index in [-0.39, 0.29) is 5.82 Å². The summed E-state index contributed by atoms with van der Waals surface area (Å²) in [7, 11) is 1.76. The summed E-state index contributed by atoms with van der Waals surface area (Å²) in [6, 6.07) is 4.54. The van der Waals surface area contributed by atoms with E-state index in [1.165, 1.54) is 46.3 Å². The van der Waals surface area contributed by atoms with Crippen LogP contribution in [0.1, 0.15) is 54.5 Å². The zero-order chi connectivity index (χ0) is 21.9. The second kappa shape index (κ2) is 9.69. The number of carbonyl (C=O) groups is 1. The lowest BCUT2D eigenvalue weighted by Crippen LogP contribution is -2.15. The number of amides is 1. The van der Waals surface area contributed by atoms with Crippen molar-refractivity contribution in [2.24, 2.45) is 0 Å². The van der Waals surface area contributed by atoms with Gasteiger partial charge in [-0.3, -0.25) is 9.52 Å². The molecule has 2 aliphatic carbocycles. The van der Waals surface area contributed by atoms with Gasteiger partial charge in [0.2, 0.25) is 6.41 Å².